The molecular weight excluding hydrogens is 316 g/mol. The zero-order valence-electron chi connectivity index (χ0n) is 10.7. The molecule has 0 aliphatic rings. The molecule has 3 nitrogen and oxygen atoms in total. The van der Waals surface area contributed by atoms with E-state index in [-0.39, 0.29) is 18.1 Å². The Kier molecular flexibility index (Phi) is 5.53. The fourth-order valence-corrected chi connectivity index (χ4v) is 2.92. The van der Waals surface area contributed by atoms with E-state index in [0.717, 1.165) is 4.47 Å². The van der Waals surface area contributed by atoms with Crippen LogP contribution in [0.15, 0.2) is 33.6 Å². The second kappa shape index (κ2) is 6.48. The second-order valence-electron chi connectivity index (χ2n) is 4.84. The lowest BCUT2D eigenvalue weighted by Crippen LogP contribution is -2.24. The van der Waals surface area contributed by atoms with E-state index >= 15 is 0 Å². The molecule has 0 aliphatic heterocycles. The van der Waals surface area contributed by atoms with Gasteiger partial charge in [-0.05, 0) is 39.0 Å². The molecule has 0 radical (unpaired) electrons. The molecule has 0 saturated carbocycles. The summed E-state index contributed by atoms with van der Waals surface area (Å²) in [5, 5.41) is 0. The minimum Gasteiger partial charge on any atom is -0.460 e. The van der Waals surface area contributed by atoms with Gasteiger partial charge in [-0.2, -0.15) is 0 Å². The van der Waals surface area contributed by atoms with E-state index in [1.807, 2.05) is 32.9 Å². The molecular formula is C13H17BrO3S. The highest BCUT2D eigenvalue weighted by Crippen LogP contribution is 2.16. The van der Waals surface area contributed by atoms with Gasteiger partial charge in [-0.3, -0.25) is 9.00 Å². The van der Waals surface area contributed by atoms with E-state index in [1.165, 1.54) is 0 Å². The van der Waals surface area contributed by atoms with Crippen molar-refractivity contribution in [3.63, 3.8) is 0 Å². The van der Waals surface area contributed by atoms with Gasteiger partial charge in [0.1, 0.15) is 5.60 Å². The molecule has 0 aliphatic carbocycles. The Morgan fingerprint density at radius 1 is 1.39 bits per heavy atom. The van der Waals surface area contributed by atoms with Crippen LogP contribution in [0.3, 0.4) is 0 Å². The molecule has 1 aromatic carbocycles. The summed E-state index contributed by atoms with van der Waals surface area (Å²) in [5.41, 5.74) is -0.492. The predicted molar refractivity (Wildman–Crippen MR) is 75.9 cm³/mol. The molecule has 1 aromatic rings. The number of esters is 1. The third-order valence-electron chi connectivity index (χ3n) is 1.97. The number of benzene rings is 1. The van der Waals surface area contributed by atoms with Crippen LogP contribution in [-0.4, -0.2) is 21.5 Å². The highest BCUT2D eigenvalue weighted by molar-refractivity contribution is 9.10. The maximum atomic E-state index is 11.9. The number of rotatable bonds is 4. The Morgan fingerprint density at radius 2 is 2.06 bits per heavy atom. The van der Waals surface area contributed by atoms with Gasteiger partial charge in [-0.15, -0.1) is 0 Å². The highest BCUT2D eigenvalue weighted by atomic mass is 79.9. The van der Waals surface area contributed by atoms with Gasteiger partial charge >= 0.3 is 5.97 Å². The van der Waals surface area contributed by atoms with Crippen LogP contribution in [0, 0.1) is 0 Å². The minimum absolute atomic E-state index is 0.163. The van der Waals surface area contributed by atoms with E-state index in [1.54, 1.807) is 12.1 Å². The van der Waals surface area contributed by atoms with E-state index in [2.05, 4.69) is 15.9 Å². The normalized spacial score (nSPS) is 13.1. The van der Waals surface area contributed by atoms with Gasteiger partial charge in [0.25, 0.3) is 0 Å². The first-order chi connectivity index (χ1) is 8.28. The Balaban J connectivity index is 2.49. The molecule has 1 atom stereocenters. The van der Waals surface area contributed by atoms with Gasteiger partial charge < -0.3 is 4.74 Å². The van der Waals surface area contributed by atoms with E-state index in [4.69, 9.17) is 4.74 Å². The molecule has 0 amide bonds. The summed E-state index contributed by atoms with van der Waals surface area (Å²) in [4.78, 5) is 12.2. The monoisotopic (exact) mass is 332 g/mol. The van der Waals surface area contributed by atoms with Gasteiger partial charge in [0.2, 0.25) is 0 Å². The van der Waals surface area contributed by atoms with Crippen molar-refractivity contribution in [2.75, 3.05) is 5.75 Å². The summed E-state index contributed by atoms with van der Waals surface area (Å²) in [5.74, 6) is -0.0309. The topological polar surface area (TPSA) is 43.4 Å². The third kappa shape index (κ3) is 5.78. The highest BCUT2D eigenvalue weighted by Gasteiger charge is 2.17. The zero-order chi connectivity index (χ0) is 13.8. The largest absolute Gasteiger partial charge is 0.460 e. The Morgan fingerprint density at radius 3 is 2.61 bits per heavy atom. The van der Waals surface area contributed by atoms with Crippen molar-refractivity contribution >= 4 is 32.7 Å². The first-order valence-electron chi connectivity index (χ1n) is 5.64. The van der Waals surface area contributed by atoms with Gasteiger partial charge in [-0.1, -0.05) is 22.0 Å². The summed E-state index contributed by atoms with van der Waals surface area (Å²) in [6, 6.07) is 7.28. The smallest absolute Gasteiger partial charge is 0.307 e. The van der Waals surface area contributed by atoms with Crippen molar-refractivity contribution in [3.05, 3.63) is 28.7 Å². The molecule has 1 rings (SSSR count). The summed E-state index contributed by atoms with van der Waals surface area (Å²) in [6.07, 6.45) is 0.163. The van der Waals surface area contributed by atoms with Crippen LogP contribution in [0.1, 0.15) is 27.2 Å². The van der Waals surface area contributed by atoms with Crippen molar-refractivity contribution in [2.45, 2.75) is 37.7 Å². The number of halogens is 1. The number of carbonyl (C=O) groups excluding carboxylic acids is 1. The Bertz CT molecular complexity index is 452. The van der Waals surface area contributed by atoms with Crippen LogP contribution in [0.4, 0.5) is 0 Å². The first-order valence-corrected chi connectivity index (χ1v) is 7.75. The lowest BCUT2D eigenvalue weighted by molar-refractivity contribution is -0.154. The molecule has 0 fully saturated rings. The maximum Gasteiger partial charge on any atom is 0.307 e. The quantitative estimate of drug-likeness (QED) is 0.794. The molecule has 0 N–H and O–H groups in total. The van der Waals surface area contributed by atoms with Crippen molar-refractivity contribution in [1.82, 2.24) is 0 Å². The van der Waals surface area contributed by atoms with Gasteiger partial charge in [0.05, 0.1) is 17.2 Å². The van der Waals surface area contributed by atoms with Crippen molar-refractivity contribution in [3.8, 4) is 0 Å². The molecule has 1 unspecified atom stereocenters. The fraction of sp³-hybridized carbons (Fsp3) is 0.462. The van der Waals surface area contributed by atoms with E-state index in [0.29, 0.717) is 4.90 Å². The van der Waals surface area contributed by atoms with Gasteiger partial charge in [0.15, 0.2) is 0 Å². The van der Waals surface area contributed by atoms with Crippen LogP contribution in [0.5, 0.6) is 0 Å². The van der Waals surface area contributed by atoms with Gasteiger partial charge in [-0.25, -0.2) is 0 Å². The molecule has 0 bridgehead atoms. The Labute approximate surface area is 119 Å². The number of ether oxygens (including phenoxy) is 1. The lowest BCUT2D eigenvalue weighted by Gasteiger charge is -2.19. The first kappa shape index (κ1) is 15.4. The Hall–Kier alpha value is -0.680. The van der Waals surface area contributed by atoms with Crippen molar-refractivity contribution in [1.29, 1.82) is 0 Å². The van der Waals surface area contributed by atoms with Crippen molar-refractivity contribution in [2.24, 2.45) is 0 Å². The summed E-state index contributed by atoms with van der Waals surface area (Å²) >= 11 is 3.32. The maximum absolute atomic E-state index is 11.9. The average molecular weight is 333 g/mol. The van der Waals surface area contributed by atoms with Gasteiger partial charge in [0, 0.05) is 15.1 Å². The predicted octanol–water partition coefficient (Wildman–Crippen LogP) is 3.29. The van der Waals surface area contributed by atoms with Crippen LogP contribution < -0.4 is 0 Å². The SMILES string of the molecule is CC(C)(C)OC(=O)CCS(=O)c1cccc(Br)c1. The molecule has 0 heterocycles. The molecule has 0 aromatic heterocycles. The molecule has 0 spiro atoms. The van der Waals surface area contributed by atoms with E-state index in [9.17, 15) is 9.00 Å². The lowest BCUT2D eigenvalue weighted by atomic mass is 10.2. The number of hydrogen-bond donors (Lipinski definition) is 0. The molecule has 18 heavy (non-hydrogen) atoms. The van der Waals surface area contributed by atoms with Crippen LogP contribution >= 0.6 is 15.9 Å². The number of carbonyl (C=O) groups is 1. The zero-order valence-corrected chi connectivity index (χ0v) is 13.1. The second-order valence-corrected chi connectivity index (χ2v) is 7.33. The minimum atomic E-state index is -1.17. The molecule has 5 heteroatoms. The van der Waals surface area contributed by atoms with Crippen LogP contribution in [0.2, 0.25) is 0 Å². The molecule has 0 saturated heterocycles. The standard InChI is InChI=1S/C13H17BrO3S/c1-13(2,3)17-12(15)7-8-18(16)11-6-4-5-10(14)9-11/h4-6,9H,7-8H2,1-3H3. The van der Waals surface area contributed by atoms with Crippen molar-refractivity contribution < 1.29 is 13.7 Å². The molecule has 100 valence electrons. The summed E-state index contributed by atoms with van der Waals surface area (Å²) in [7, 11) is -1.17. The summed E-state index contributed by atoms with van der Waals surface area (Å²) in [6.45, 7) is 5.45. The van der Waals surface area contributed by atoms with Crippen LogP contribution in [0.25, 0.3) is 0 Å². The number of hydrogen-bond acceptors (Lipinski definition) is 3. The van der Waals surface area contributed by atoms with E-state index < -0.39 is 16.4 Å². The summed E-state index contributed by atoms with van der Waals surface area (Å²) < 4.78 is 18.0. The third-order valence-corrected chi connectivity index (χ3v) is 3.82. The average Bonchev–Trinajstić information content (AvgIpc) is 2.23. The fourth-order valence-electron chi connectivity index (χ4n) is 1.30. The van der Waals surface area contributed by atoms with Crippen LogP contribution in [-0.2, 0) is 20.3 Å².